The van der Waals surface area contributed by atoms with Gasteiger partial charge in [0.25, 0.3) is 0 Å². The van der Waals surface area contributed by atoms with Crippen molar-refractivity contribution in [2.45, 2.75) is 6.92 Å². The molecule has 0 aliphatic heterocycles. The molecule has 0 aromatic heterocycles. The molecule has 0 aliphatic rings. The lowest BCUT2D eigenvalue weighted by molar-refractivity contribution is 0.371. The maximum absolute atomic E-state index is 9.47. The maximum atomic E-state index is 9.47. The van der Waals surface area contributed by atoms with Crippen LogP contribution in [0.4, 0.5) is 0 Å². The summed E-state index contributed by atoms with van der Waals surface area (Å²) in [5, 5.41) is 10.0. The SMILES string of the molecule is COc1cc(Cl)c(C)c(Br)c1O. The summed E-state index contributed by atoms with van der Waals surface area (Å²) in [5.74, 6) is 0.455. The summed E-state index contributed by atoms with van der Waals surface area (Å²) in [5.41, 5.74) is 0.801. The first-order valence-corrected chi connectivity index (χ1v) is 4.46. The second kappa shape index (κ2) is 3.54. The molecule has 0 unspecified atom stereocenters. The quantitative estimate of drug-likeness (QED) is 0.831. The normalized spacial score (nSPS) is 10.0. The summed E-state index contributed by atoms with van der Waals surface area (Å²) >= 11 is 9.06. The fourth-order valence-corrected chi connectivity index (χ4v) is 1.55. The van der Waals surface area contributed by atoms with Gasteiger partial charge in [-0.15, -0.1) is 0 Å². The average molecular weight is 252 g/mol. The molecule has 1 aromatic rings. The molecule has 0 heterocycles. The molecule has 2 nitrogen and oxygen atoms in total. The highest BCUT2D eigenvalue weighted by molar-refractivity contribution is 9.10. The third kappa shape index (κ3) is 1.52. The van der Waals surface area contributed by atoms with Gasteiger partial charge < -0.3 is 9.84 Å². The van der Waals surface area contributed by atoms with E-state index in [1.165, 1.54) is 7.11 Å². The fraction of sp³-hybridized carbons (Fsp3) is 0.250. The molecule has 0 saturated heterocycles. The minimum Gasteiger partial charge on any atom is -0.503 e. The first-order valence-electron chi connectivity index (χ1n) is 3.29. The Balaban J connectivity index is 3.39. The lowest BCUT2D eigenvalue weighted by atomic mass is 10.2. The van der Waals surface area contributed by atoms with Crippen molar-refractivity contribution < 1.29 is 9.84 Å². The Morgan fingerprint density at radius 3 is 2.67 bits per heavy atom. The number of hydrogen-bond donors (Lipinski definition) is 1. The van der Waals surface area contributed by atoms with E-state index >= 15 is 0 Å². The van der Waals surface area contributed by atoms with Crippen LogP contribution in [0.15, 0.2) is 10.5 Å². The summed E-state index contributed by atoms with van der Waals surface area (Å²) in [6.45, 7) is 1.81. The van der Waals surface area contributed by atoms with Gasteiger partial charge in [-0.05, 0) is 28.4 Å². The highest BCUT2D eigenvalue weighted by Gasteiger charge is 2.11. The Labute approximate surface area is 84.2 Å². The lowest BCUT2D eigenvalue weighted by Crippen LogP contribution is -1.87. The molecule has 0 bridgehead atoms. The molecule has 0 amide bonds. The molecule has 0 saturated carbocycles. The zero-order valence-corrected chi connectivity index (χ0v) is 9.03. The predicted octanol–water partition coefficient (Wildman–Crippen LogP) is 3.13. The molecule has 0 radical (unpaired) electrons. The number of ether oxygens (including phenoxy) is 1. The molecule has 1 aromatic carbocycles. The van der Waals surface area contributed by atoms with Crippen molar-refractivity contribution in [1.29, 1.82) is 0 Å². The van der Waals surface area contributed by atoms with Crippen molar-refractivity contribution >= 4 is 27.5 Å². The van der Waals surface area contributed by atoms with E-state index in [1.807, 2.05) is 6.92 Å². The van der Waals surface area contributed by atoms with Crippen LogP contribution >= 0.6 is 27.5 Å². The molecule has 0 fully saturated rings. The molecule has 1 rings (SSSR count). The highest BCUT2D eigenvalue weighted by Crippen LogP contribution is 2.40. The molecule has 0 aliphatic carbocycles. The van der Waals surface area contributed by atoms with Crippen LogP contribution < -0.4 is 4.74 Å². The van der Waals surface area contributed by atoms with Crippen LogP contribution in [0, 0.1) is 6.92 Å². The topological polar surface area (TPSA) is 29.5 Å². The van der Waals surface area contributed by atoms with Crippen molar-refractivity contribution in [2.24, 2.45) is 0 Å². The first-order chi connectivity index (χ1) is 5.57. The number of hydrogen-bond acceptors (Lipinski definition) is 2. The van der Waals surface area contributed by atoms with Gasteiger partial charge in [-0.25, -0.2) is 0 Å². The molecule has 66 valence electrons. The molecule has 0 spiro atoms. The monoisotopic (exact) mass is 250 g/mol. The second-order valence-corrected chi connectivity index (χ2v) is 3.55. The molecule has 12 heavy (non-hydrogen) atoms. The Kier molecular flexibility index (Phi) is 2.85. The number of benzene rings is 1. The van der Waals surface area contributed by atoms with Crippen molar-refractivity contribution in [3.05, 3.63) is 21.1 Å². The number of aromatic hydroxyl groups is 1. The molecule has 4 heteroatoms. The van der Waals surface area contributed by atoms with Crippen LogP contribution in [0.3, 0.4) is 0 Å². The van der Waals surface area contributed by atoms with E-state index < -0.39 is 0 Å². The molecular formula is C8H8BrClO2. The Bertz CT molecular complexity index is 312. The maximum Gasteiger partial charge on any atom is 0.172 e. The van der Waals surface area contributed by atoms with Crippen molar-refractivity contribution in [3.63, 3.8) is 0 Å². The second-order valence-electron chi connectivity index (χ2n) is 2.35. The van der Waals surface area contributed by atoms with Crippen LogP contribution in [0.1, 0.15) is 5.56 Å². The van der Waals surface area contributed by atoms with E-state index in [-0.39, 0.29) is 5.75 Å². The number of halogens is 2. The van der Waals surface area contributed by atoms with Gasteiger partial charge in [0.2, 0.25) is 0 Å². The van der Waals surface area contributed by atoms with E-state index in [2.05, 4.69) is 15.9 Å². The number of methoxy groups -OCH3 is 1. The number of rotatable bonds is 1. The zero-order valence-electron chi connectivity index (χ0n) is 6.69. The van der Waals surface area contributed by atoms with Gasteiger partial charge in [0.15, 0.2) is 11.5 Å². The van der Waals surface area contributed by atoms with E-state index in [0.29, 0.717) is 15.2 Å². The van der Waals surface area contributed by atoms with Crippen LogP contribution in [0.25, 0.3) is 0 Å². The van der Waals surface area contributed by atoms with Crippen molar-refractivity contribution in [2.75, 3.05) is 7.11 Å². The zero-order chi connectivity index (χ0) is 9.30. The van der Waals surface area contributed by atoms with E-state index in [1.54, 1.807) is 6.07 Å². The largest absolute Gasteiger partial charge is 0.503 e. The number of phenolic OH excluding ortho intramolecular Hbond substituents is 1. The van der Waals surface area contributed by atoms with Gasteiger partial charge in [0.1, 0.15) is 0 Å². The summed E-state index contributed by atoms with van der Waals surface area (Å²) in [6, 6.07) is 1.58. The lowest BCUT2D eigenvalue weighted by Gasteiger charge is -2.08. The summed E-state index contributed by atoms with van der Waals surface area (Å²) in [4.78, 5) is 0. The third-order valence-corrected chi connectivity index (χ3v) is 2.97. The van der Waals surface area contributed by atoms with Gasteiger partial charge in [-0.3, -0.25) is 0 Å². The standard InChI is InChI=1S/C8H8BrClO2/c1-4-5(10)3-6(12-2)8(11)7(4)9/h3,11H,1-2H3. The van der Waals surface area contributed by atoms with Gasteiger partial charge in [0, 0.05) is 11.1 Å². The van der Waals surface area contributed by atoms with Crippen LogP contribution in [-0.2, 0) is 0 Å². The Morgan fingerprint density at radius 1 is 1.58 bits per heavy atom. The van der Waals surface area contributed by atoms with Crippen molar-refractivity contribution in [3.8, 4) is 11.5 Å². The van der Waals surface area contributed by atoms with E-state index in [9.17, 15) is 5.11 Å². The minimum atomic E-state index is 0.0828. The van der Waals surface area contributed by atoms with E-state index in [4.69, 9.17) is 16.3 Å². The number of phenols is 1. The van der Waals surface area contributed by atoms with Gasteiger partial charge in [0.05, 0.1) is 11.6 Å². The predicted molar refractivity (Wildman–Crippen MR) is 52.1 cm³/mol. The third-order valence-electron chi connectivity index (χ3n) is 1.61. The highest BCUT2D eigenvalue weighted by atomic mass is 79.9. The molecular weight excluding hydrogens is 243 g/mol. The summed E-state index contributed by atoms with van der Waals surface area (Å²) in [7, 11) is 1.48. The Hall–Kier alpha value is -0.410. The minimum absolute atomic E-state index is 0.0828. The van der Waals surface area contributed by atoms with Gasteiger partial charge >= 0.3 is 0 Å². The van der Waals surface area contributed by atoms with Gasteiger partial charge in [-0.2, -0.15) is 0 Å². The van der Waals surface area contributed by atoms with Gasteiger partial charge in [-0.1, -0.05) is 11.6 Å². The van der Waals surface area contributed by atoms with Crippen LogP contribution in [-0.4, -0.2) is 12.2 Å². The Morgan fingerprint density at radius 2 is 2.17 bits per heavy atom. The van der Waals surface area contributed by atoms with Crippen molar-refractivity contribution in [1.82, 2.24) is 0 Å². The average Bonchev–Trinajstić information content (AvgIpc) is 2.08. The molecule has 1 N–H and O–H groups in total. The van der Waals surface area contributed by atoms with Crippen LogP contribution in [0.2, 0.25) is 5.02 Å². The first kappa shape index (κ1) is 9.68. The van der Waals surface area contributed by atoms with Crippen LogP contribution in [0.5, 0.6) is 11.5 Å². The fourth-order valence-electron chi connectivity index (χ4n) is 0.838. The summed E-state index contributed by atoms with van der Waals surface area (Å²) < 4.78 is 5.47. The molecule has 0 atom stereocenters. The smallest absolute Gasteiger partial charge is 0.172 e. The van der Waals surface area contributed by atoms with E-state index in [0.717, 1.165) is 5.56 Å². The summed E-state index contributed by atoms with van der Waals surface area (Å²) in [6.07, 6.45) is 0.